The third-order valence-electron chi connectivity index (χ3n) is 13.1. The van der Waals surface area contributed by atoms with Crippen LogP contribution < -0.4 is 4.90 Å². The minimum absolute atomic E-state index is 0.0204. The van der Waals surface area contributed by atoms with E-state index in [-0.39, 0.29) is 35.5 Å². The van der Waals surface area contributed by atoms with Crippen LogP contribution in [0.2, 0.25) is 0 Å². The standard InChI is InChI=1S/C52H52F3N13O2.C2H6/c1-29(2)43-36(10-9-20-56-43)46-47-51(70)66(35-14-11-33(12-15-35)48-61-42(28-63(48)8)52(53,54)55)24-25-67(47)49(62-46)39-18-16-37(44(60-39)30(3)4)45-41-27-64(22-23-65(41)32(7)59-45)50(69)34-13-17-38(57-26-34)40-19-21-58-68(40)31(5)6;1-2/h9-21,26,28-31H,22-25,27H2,1-8H3;1-2H3. The summed E-state index contributed by atoms with van der Waals surface area (Å²) in [4.78, 5) is 61.4. The second kappa shape index (κ2) is 19.4. The molecule has 0 radical (unpaired) electrons. The van der Waals surface area contributed by atoms with E-state index < -0.39 is 11.9 Å². The zero-order valence-electron chi connectivity index (χ0n) is 42.2. The van der Waals surface area contributed by atoms with E-state index in [0.29, 0.717) is 72.4 Å². The Balaban J connectivity index is 0.00000316. The number of carbonyl (C=O) groups excluding carboxylic acids is 2. The van der Waals surface area contributed by atoms with Gasteiger partial charge in [-0.25, -0.2) is 19.9 Å². The molecule has 0 atom stereocenters. The van der Waals surface area contributed by atoms with Crippen LogP contribution in [0.3, 0.4) is 0 Å². The van der Waals surface area contributed by atoms with E-state index >= 15 is 0 Å². The van der Waals surface area contributed by atoms with Crippen LogP contribution >= 0.6 is 0 Å². The Morgan fingerprint density at radius 2 is 1.42 bits per heavy atom. The predicted octanol–water partition coefficient (Wildman–Crippen LogP) is 11.0. The molecule has 7 aromatic heterocycles. The number of carbonyl (C=O) groups is 2. The van der Waals surface area contributed by atoms with E-state index in [0.717, 1.165) is 57.3 Å². The molecule has 2 aliphatic rings. The Morgan fingerprint density at radius 3 is 2.08 bits per heavy atom. The molecule has 18 heteroatoms. The smallest absolute Gasteiger partial charge is 0.333 e. The number of amides is 2. The topological polar surface area (TPSA) is 151 Å². The van der Waals surface area contributed by atoms with Crippen LogP contribution in [-0.4, -0.2) is 83.2 Å². The van der Waals surface area contributed by atoms with Crippen molar-refractivity contribution in [1.29, 1.82) is 0 Å². The number of hydrogen-bond acceptors (Lipinski definition) is 9. The van der Waals surface area contributed by atoms with Crippen molar-refractivity contribution in [2.45, 2.75) is 106 Å². The molecular weight excluding hydrogens is 920 g/mol. The highest BCUT2D eigenvalue weighted by Gasteiger charge is 2.37. The quantitative estimate of drug-likeness (QED) is 0.130. The summed E-state index contributed by atoms with van der Waals surface area (Å²) >= 11 is 0. The largest absolute Gasteiger partial charge is 0.434 e. The Kier molecular flexibility index (Phi) is 13.3. The average Bonchev–Trinajstić information content (AvgIpc) is 4.19. The fourth-order valence-electron chi connectivity index (χ4n) is 9.65. The number of aryl methyl sites for hydroxylation is 2. The van der Waals surface area contributed by atoms with Gasteiger partial charge >= 0.3 is 6.18 Å². The molecule has 0 unspecified atom stereocenters. The lowest BCUT2D eigenvalue weighted by Gasteiger charge is -2.30. The van der Waals surface area contributed by atoms with Gasteiger partial charge in [0.25, 0.3) is 11.8 Å². The molecule has 1 aromatic carbocycles. The number of alkyl halides is 3. The number of aromatic nitrogens is 11. The first kappa shape index (κ1) is 49.2. The summed E-state index contributed by atoms with van der Waals surface area (Å²) in [5.41, 5.74) is 8.52. The van der Waals surface area contributed by atoms with Crippen LogP contribution in [-0.2, 0) is 32.9 Å². The monoisotopic (exact) mass is 977 g/mol. The van der Waals surface area contributed by atoms with Crippen LogP contribution in [0.1, 0.15) is 123 Å². The number of benzene rings is 1. The molecule has 72 heavy (non-hydrogen) atoms. The van der Waals surface area contributed by atoms with Crippen molar-refractivity contribution in [3.63, 3.8) is 0 Å². The molecule has 0 fully saturated rings. The van der Waals surface area contributed by atoms with Crippen molar-refractivity contribution < 1.29 is 22.8 Å². The second-order valence-electron chi connectivity index (χ2n) is 18.7. The molecule has 0 bridgehead atoms. The minimum Gasteiger partial charge on any atom is -0.333 e. The lowest BCUT2D eigenvalue weighted by atomic mass is 9.99. The van der Waals surface area contributed by atoms with E-state index in [1.54, 1.807) is 47.8 Å². The molecule has 15 nitrogen and oxygen atoms in total. The molecular formula is C54H58F3N13O2. The summed E-state index contributed by atoms with van der Waals surface area (Å²) in [7, 11) is 1.52. The third kappa shape index (κ3) is 8.87. The van der Waals surface area contributed by atoms with Crippen LogP contribution in [0.5, 0.6) is 0 Å². The van der Waals surface area contributed by atoms with E-state index in [2.05, 4.69) is 47.3 Å². The van der Waals surface area contributed by atoms with Crippen molar-refractivity contribution in [3.8, 4) is 56.8 Å². The molecule has 0 aliphatic carbocycles. The highest BCUT2D eigenvalue weighted by Crippen LogP contribution is 2.40. The maximum atomic E-state index is 14.9. The van der Waals surface area contributed by atoms with Gasteiger partial charge in [0.05, 0.1) is 46.3 Å². The summed E-state index contributed by atoms with van der Waals surface area (Å²) in [6.07, 6.45) is 1.51. The molecule has 0 N–H and O–H groups in total. The van der Waals surface area contributed by atoms with Crippen molar-refractivity contribution in [1.82, 2.24) is 58.3 Å². The van der Waals surface area contributed by atoms with Crippen LogP contribution in [0, 0.1) is 6.92 Å². The number of fused-ring (bicyclic) bond motifs is 2. The Hall–Kier alpha value is -7.76. The summed E-state index contributed by atoms with van der Waals surface area (Å²) in [6, 6.07) is 20.3. The summed E-state index contributed by atoms with van der Waals surface area (Å²) in [6.45, 7) is 20.5. The zero-order valence-corrected chi connectivity index (χ0v) is 42.2. The number of hydrogen-bond donors (Lipinski definition) is 0. The van der Waals surface area contributed by atoms with E-state index in [1.807, 2.05) is 91.2 Å². The van der Waals surface area contributed by atoms with Crippen LogP contribution in [0.15, 0.2) is 91.5 Å². The van der Waals surface area contributed by atoms with Crippen molar-refractivity contribution >= 4 is 17.5 Å². The number of rotatable bonds is 10. The maximum absolute atomic E-state index is 14.9. The molecule has 10 rings (SSSR count). The Bertz CT molecular complexity index is 3300. The minimum atomic E-state index is -4.58. The van der Waals surface area contributed by atoms with E-state index in [1.165, 1.54) is 11.6 Å². The zero-order chi connectivity index (χ0) is 51.3. The first-order chi connectivity index (χ1) is 34.5. The van der Waals surface area contributed by atoms with Gasteiger partial charge in [-0.15, -0.1) is 0 Å². The lowest BCUT2D eigenvalue weighted by molar-refractivity contribution is -0.140. The van der Waals surface area contributed by atoms with Gasteiger partial charge in [-0.1, -0.05) is 41.5 Å². The van der Waals surface area contributed by atoms with Crippen molar-refractivity contribution in [2.75, 3.05) is 18.0 Å². The molecule has 2 amide bonds. The second-order valence-corrected chi connectivity index (χ2v) is 18.7. The number of halogens is 3. The van der Waals surface area contributed by atoms with E-state index in [9.17, 15) is 22.8 Å². The normalized spacial score (nSPS) is 13.8. The van der Waals surface area contributed by atoms with Gasteiger partial charge in [0.15, 0.2) is 11.5 Å². The van der Waals surface area contributed by atoms with Crippen molar-refractivity contribution in [2.24, 2.45) is 7.05 Å². The number of pyridine rings is 3. The number of nitrogens with zero attached hydrogens (tertiary/aromatic N) is 13. The summed E-state index contributed by atoms with van der Waals surface area (Å²) < 4.78 is 47.8. The van der Waals surface area contributed by atoms with Gasteiger partial charge in [0, 0.05) is 86.4 Å². The average molecular weight is 978 g/mol. The van der Waals surface area contributed by atoms with Gasteiger partial charge in [-0.2, -0.15) is 18.3 Å². The molecule has 8 aromatic rings. The highest BCUT2D eigenvalue weighted by molar-refractivity contribution is 6.10. The van der Waals surface area contributed by atoms with Gasteiger partial charge < -0.3 is 23.5 Å². The molecule has 9 heterocycles. The SMILES string of the molecule is CC.Cc1nc(-c2ccc(-c3nc(-c4cccnc4C(C)C)c4n3CCN(c3ccc(-c5nc(C(F)(F)F)cn5C)cc3)C4=O)nc2C(C)C)c2n1CCN(C(=O)c1ccc(-c3ccnn3C(C)C)nc1)C2. The van der Waals surface area contributed by atoms with Crippen LogP contribution in [0.25, 0.3) is 56.8 Å². The first-order valence-corrected chi connectivity index (χ1v) is 24.4. The molecule has 0 saturated carbocycles. The molecule has 2 aliphatic heterocycles. The van der Waals surface area contributed by atoms with E-state index in [4.69, 9.17) is 19.9 Å². The van der Waals surface area contributed by atoms with Crippen LogP contribution in [0.4, 0.5) is 18.9 Å². The Labute approximate surface area is 416 Å². The fraction of sp³-hybridized carbons (Fsp3) is 0.352. The van der Waals surface area contributed by atoms with Gasteiger partial charge in [-0.3, -0.25) is 24.2 Å². The Morgan fingerprint density at radius 1 is 0.708 bits per heavy atom. The third-order valence-corrected chi connectivity index (χ3v) is 13.1. The first-order valence-electron chi connectivity index (χ1n) is 24.4. The number of anilines is 1. The van der Waals surface area contributed by atoms with Gasteiger partial charge in [-0.05, 0) is 99.3 Å². The maximum Gasteiger partial charge on any atom is 0.434 e. The lowest BCUT2D eigenvalue weighted by Crippen LogP contribution is -2.40. The van der Waals surface area contributed by atoms with Crippen molar-refractivity contribution in [3.05, 3.63) is 131 Å². The summed E-state index contributed by atoms with van der Waals surface area (Å²) in [5, 5.41) is 4.43. The fourth-order valence-corrected chi connectivity index (χ4v) is 9.65. The van der Waals surface area contributed by atoms with Gasteiger partial charge in [0.2, 0.25) is 0 Å². The predicted molar refractivity (Wildman–Crippen MR) is 270 cm³/mol. The molecule has 0 saturated heterocycles. The summed E-state index contributed by atoms with van der Waals surface area (Å²) in [5.74, 6) is 1.11. The number of imidazole rings is 3. The van der Waals surface area contributed by atoms with Gasteiger partial charge in [0.1, 0.15) is 28.7 Å². The molecule has 372 valence electrons. The highest BCUT2D eigenvalue weighted by atomic mass is 19.4. The molecule has 0 spiro atoms.